The van der Waals surface area contributed by atoms with Crippen LogP contribution in [-0.4, -0.2) is 28.0 Å². The smallest absolute Gasteiger partial charge is 0.253 e. The summed E-state index contributed by atoms with van der Waals surface area (Å²) in [5, 5.41) is 2.87. The van der Waals surface area contributed by atoms with Gasteiger partial charge in [0.15, 0.2) is 0 Å². The van der Waals surface area contributed by atoms with E-state index in [1.165, 1.54) is 12.8 Å². The molecule has 0 bridgehead atoms. The molecule has 0 aromatic carbocycles. The summed E-state index contributed by atoms with van der Waals surface area (Å²) in [7, 11) is 0. The highest BCUT2D eigenvalue weighted by Crippen LogP contribution is 2.29. The van der Waals surface area contributed by atoms with Crippen LogP contribution in [0.2, 0.25) is 0 Å². The molecule has 1 saturated carbocycles. The van der Waals surface area contributed by atoms with E-state index in [1.54, 1.807) is 6.92 Å². The van der Waals surface area contributed by atoms with E-state index in [2.05, 4.69) is 10.3 Å². The summed E-state index contributed by atoms with van der Waals surface area (Å²) in [6.45, 7) is 4.42. The lowest BCUT2D eigenvalue weighted by molar-refractivity contribution is -0.126. The van der Waals surface area contributed by atoms with Gasteiger partial charge in [-0.3, -0.25) is 4.79 Å². The largest absolute Gasteiger partial charge is 0.368 e. The SMILES string of the molecule is Cc1cn2cc(NC(=O)[C@H](C)OCC3CC3)ccc2n1. The number of hydrogen-bond donors (Lipinski definition) is 1. The number of anilines is 1. The van der Waals surface area contributed by atoms with Gasteiger partial charge in [-0.2, -0.15) is 0 Å². The third kappa shape index (κ3) is 2.99. The third-order valence-corrected chi connectivity index (χ3v) is 3.49. The van der Waals surface area contributed by atoms with Gasteiger partial charge < -0.3 is 14.5 Å². The molecule has 2 heterocycles. The predicted octanol–water partition coefficient (Wildman–Crippen LogP) is 2.40. The standard InChI is InChI=1S/C15H19N3O2/c1-10-7-18-8-13(5-6-14(18)16-10)17-15(19)11(2)20-9-12-3-4-12/h5-8,11-12H,3-4,9H2,1-2H3,(H,17,19)/t11-/m0/s1. The summed E-state index contributed by atoms with van der Waals surface area (Å²) in [5.41, 5.74) is 2.58. The second kappa shape index (κ2) is 5.25. The van der Waals surface area contributed by atoms with E-state index in [4.69, 9.17) is 4.74 Å². The average Bonchev–Trinajstić information content (AvgIpc) is 3.16. The van der Waals surface area contributed by atoms with E-state index in [9.17, 15) is 4.79 Å². The number of amides is 1. The van der Waals surface area contributed by atoms with Crippen LogP contribution in [-0.2, 0) is 9.53 Å². The van der Waals surface area contributed by atoms with Crippen LogP contribution in [0.4, 0.5) is 5.69 Å². The molecule has 3 rings (SSSR count). The summed E-state index contributed by atoms with van der Waals surface area (Å²) in [4.78, 5) is 16.4. The Morgan fingerprint density at radius 2 is 2.30 bits per heavy atom. The molecule has 1 amide bonds. The van der Waals surface area contributed by atoms with Gasteiger partial charge in [0.1, 0.15) is 11.8 Å². The Balaban J connectivity index is 1.63. The number of ether oxygens (including phenoxy) is 1. The lowest BCUT2D eigenvalue weighted by atomic mass is 10.3. The summed E-state index contributed by atoms with van der Waals surface area (Å²) in [6, 6.07) is 3.74. The minimum atomic E-state index is -0.421. The maximum Gasteiger partial charge on any atom is 0.253 e. The number of aryl methyl sites for hydroxylation is 1. The molecule has 1 aliphatic carbocycles. The number of nitrogens with zero attached hydrogens (tertiary/aromatic N) is 2. The molecule has 0 saturated heterocycles. The van der Waals surface area contributed by atoms with Gasteiger partial charge in [0.05, 0.1) is 18.0 Å². The molecule has 106 valence electrons. The van der Waals surface area contributed by atoms with Crippen molar-refractivity contribution in [1.29, 1.82) is 0 Å². The first-order valence-electron chi connectivity index (χ1n) is 6.99. The number of fused-ring (bicyclic) bond motifs is 1. The van der Waals surface area contributed by atoms with Crippen LogP contribution in [0, 0.1) is 12.8 Å². The first-order chi connectivity index (χ1) is 9.61. The van der Waals surface area contributed by atoms with Crippen molar-refractivity contribution in [2.75, 3.05) is 11.9 Å². The number of pyridine rings is 1. The summed E-state index contributed by atoms with van der Waals surface area (Å²) in [6.07, 6.45) is 5.82. The molecule has 1 atom stereocenters. The van der Waals surface area contributed by atoms with Crippen molar-refractivity contribution >= 4 is 17.2 Å². The molecule has 2 aromatic heterocycles. The van der Waals surface area contributed by atoms with E-state index < -0.39 is 6.10 Å². The molecular formula is C15H19N3O2. The predicted molar refractivity (Wildman–Crippen MR) is 76.7 cm³/mol. The zero-order valence-corrected chi connectivity index (χ0v) is 11.8. The van der Waals surface area contributed by atoms with Crippen molar-refractivity contribution in [3.63, 3.8) is 0 Å². The number of hydrogen-bond acceptors (Lipinski definition) is 3. The Bertz CT molecular complexity index is 631. The van der Waals surface area contributed by atoms with E-state index in [0.717, 1.165) is 17.0 Å². The second-order valence-corrected chi connectivity index (χ2v) is 5.47. The Hall–Kier alpha value is -1.88. The van der Waals surface area contributed by atoms with E-state index in [1.807, 2.05) is 35.9 Å². The fraction of sp³-hybridized carbons (Fsp3) is 0.467. The summed E-state index contributed by atoms with van der Waals surface area (Å²) in [5.74, 6) is 0.553. The first kappa shape index (κ1) is 13.1. The van der Waals surface area contributed by atoms with Crippen molar-refractivity contribution < 1.29 is 9.53 Å². The molecule has 0 spiro atoms. The molecule has 20 heavy (non-hydrogen) atoms. The van der Waals surface area contributed by atoms with Gasteiger partial charge in [-0.25, -0.2) is 4.98 Å². The highest BCUT2D eigenvalue weighted by molar-refractivity contribution is 5.93. The summed E-state index contributed by atoms with van der Waals surface area (Å²) < 4.78 is 7.46. The zero-order valence-electron chi connectivity index (χ0n) is 11.8. The van der Waals surface area contributed by atoms with Crippen LogP contribution in [0.5, 0.6) is 0 Å². The zero-order chi connectivity index (χ0) is 14.1. The number of carbonyl (C=O) groups excluding carboxylic acids is 1. The Morgan fingerprint density at radius 3 is 3.05 bits per heavy atom. The third-order valence-electron chi connectivity index (χ3n) is 3.49. The van der Waals surface area contributed by atoms with Gasteiger partial charge in [0.25, 0.3) is 5.91 Å². The van der Waals surface area contributed by atoms with Gasteiger partial charge in [-0.05, 0) is 44.7 Å². The van der Waals surface area contributed by atoms with Crippen molar-refractivity contribution in [2.45, 2.75) is 32.8 Å². The van der Waals surface area contributed by atoms with Crippen LogP contribution >= 0.6 is 0 Å². The molecule has 0 aliphatic heterocycles. The molecule has 1 N–H and O–H groups in total. The lowest BCUT2D eigenvalue weighted by Crippen LogP contribution is -2.28. The number of aromatic nitrogens is 2. The normalized spacial score (nSPS) is 16.3. The summed E-state index contributed by atoms with van der Waals surface area (Å²) >= 11 is 0. The van der Waals surface area contributed by atoms with Gasteiger partial charge in [0, 0.05) is 12.4 Å². The van der Waals surface area contributed by atoms with E-state index >= 15 is 0 Å². The molecule has 5 nitrogen and oxygen atoms in total. The lowest BCUT2D eigenvalue weighted by Gasteiger charge is -2.13. The molecule has 1 aliphatic rings. The van der Waals surface area contributed by atoms with Crippen molar-refractivity contribution in [2.24, 2.45) is 5.92 Å². The van der Waals surface area contributed by atoms with Crippen LogP contribution in [0.1, 0.15) is 25.5 Å². The van der Waals surface area contributed by atoms with Crippen LogP contribution in [0.3, 0.4) is 0 Å². The molecule has 0 unspecified atom stereocenters. The maximum atomic E-state index is 12.0. The van der Waals surface area contributed by atoms with Crippen LogP contribution < -0.4 is 5.32 Å². The van der Waals surface area contributed by atoms with Gasteiger partial charge >= 0.3 is 0 Å². The minimum absolute atomic E-state index is 0.109. The van der Waals surface area contributed by atoms with E-state index in [0.29, 0.717) is 12.5 Å². The fourth-order valence-corrected chi connectivity index (χ4v) is 2.08. The van der Waals surface area contributed by atoms with Crippen LogP contribution in [0.25, 0.3) is 5.65 Å². The van der Waals surface area contributed by atoms with E-state index in [-0.39, 0.29) is 5.91 Å². The first-order valence-corrected chi connectivity index (χ1v) is 6.99. The minimum Gasteiger partial charge on any atom is -0.368 e. The quantitative estimate of drug-likeness (QED) is 0.910. The number of nitrogens with one attached hydrogen (secondary N) is 1. The Labute approximate surface area is 118 Å². The molecule has 5 heteroatoms. The van der Waals surface area contributed by atoms with Gasteiger partial charge in [-0.15, -0.1) is 0 Å². The molecule has 2 aromatic rings. The van der Waals surface area contributed by atoms with Gasteiger partial charge in [0.2, 0.25) is 0 Å². The van der Waals surface area contributed by atoms with Gasteiger partial charge in [-0.1, -0.05) is 0 Å². The highest BCUT2D eigenvalue weighted by Gasteiger charge is 2.24. The number of carbonyl (C=O) groups is 1. The monoisotopic (exact) mass is 273 g/mol. The molecule has 1 fully saturated rings. The maximum absolute atomic E-state index is 12.0. The number of rotatable bonds is 5. The van der Waals surface area contributed by atoms with Crippen molar-refractivity contribution in [1.82, 2.24) is 9.38 Å². The van der Waals surface area contributed by atoms with Crippen molar-refractivity contribution in [3.8, 4) is 0 Å². The molecule has 0 radical (unpaired) electrons. The topological polar surface area (TPSA) is 55.6 Å². The Kier molecular flexibility index (Phi) is 3.44. The Morgan fingerprint density at radius 1 is 1.50 bits per heavy atom. The molecular weight excluding hydrogens is 254 g/mol. The fourth-order valence-electron chi connectivity index (χ4n) is 2.08. The average molecular weight is 273 g/mol. The van der Waals surface area contributed by atoms with Crippen LogP contribution in [0.15, 0.2) is 24.5 Å². The number of imidazole rings is 1. The highest BCUT2D eigenvalue weighted by atomic mass is 16.5. The van der Waals surface area contributed by atoms with Crippen molar-refractivity contribution in [3.05, 3.63) is 30.2 Å². The second-order valence-electron chi connectivity index (χ2n) is 5.47.